The predicted octanol–water partition coefficient (Wildman–Crippen LogP) is 1.57. The first-order valence-corrected chi connectivity index (χ1v) is 7.03. The minimum absolute atomic E-state index is 0.140. The van der Waals surface area contributed by atoms with E-state index in [4.69, 9.17) is 4.74 Å². The number of ether oxygens (including phenoxy) is 1. The third-order valence-corrected chi connectivity index (χ3v) is 3.91. The molecule has 1 aromatic carbocycles. The molecule has 0 saturated carbocycles. The largest absolute Gasteiger partial charge is 0.456 e. The summed E-state index contributed by atoms with van der Waals surface area (Å²) in [5, 5.41) is 5.37. The molecule has 0 aromatic heterocycles. The molecule has 1 aromatic rings. The van der Waals surface area contributed by atoms with Gasteiger partial charge in [0.25, 0.3) is 0 Å². The van der Waals surface area contributed by atoms with Crippen LogP contribution < -0.4 is 10.6 Å². The lowest BCUT2D eigenvalue weighted by molar-refractivity contribution is -0.136. The quantitative estimate of drug-likeness (QED) is 0.635. The minimum atomic E-state index is -0.436. The van der Waals surface area contributed by atoms with E-state index < -0.39 is 6.04 Å². The Balaban J connectivity index is 1.99. The Kier molecular flexibility index (Phi) is 2.94. The highest BCUT2D eigenvalue weighted by Gasteiger charge is 2.37. The Morgan fingerprint density at radius 2 is 2.00 bits per heavy atom. The molecule has 98 valence electrons. The van der Waals surface area contributed by atoms with Crippen molar-refractivity contribution < 1.29 is 14.3 Å². The topological polar surface area (TPSA) is 67.4 Å². The maximum absolute atomic E-state index is 11.7. The number of rotatable bonds is 2. The van der Waals surface area contributed by atoms with Crippen LogP contribution in [0.15, 0.2) is 40.4 Å². The molecule has 0 fully saturated rings. The van der Waals surface area contributed by atoms with Crippen LogP contribution in [0.2, 0.25) is 0 Å². The molecule has 6 heteroatoms. The first-order chi connectivity index (χ1) is 9.19. The summed E-state index contributed by atoms with van der Waals surface area (Å²) in [6, 6.07) is 7.02. The number of carbonyl (C=O) groups is 2. The van der Waals surface area contributed by atoms with Gasteiger partial charge in [0.05, 0.1) is 17.3 Å². The number of hydrogen-bond donors (Lipinski definition) is 2. The Hall–Kier alpha value is -1.95. The number of benzene rings is 1. The number of nitrogens with one attached hydrogen (secondary N) is 2. The molecule has 19 heavy (non-hydrogen) atoms. The number of urea groups is 1. The van der Waals surface area contributed by atoms with Gasteiger partial charge in [0.1, 0.15) is 6.61 Å². The van der Waals surface area contributed by atoms with Crippen molar-refractivity contribution >= 4 is 23.8 Å². The van der Waals surface area contributed by atoms with Crippen molar-refractivity contribution in [1.29, 1.82) is 0 Å². The maximum Gasteiger partial charge on any atom is 0.338 e. The number of esters is 1. The van der Waals surface area contributed by atoms with E-state index in [-0.39, 0.29) is 18.6 Å². The van der Waals surface area contributed by atoms with E-state index in [9.17, 15) is 9.59 Å². The first kappa shape index (κ1) is 12.1. The van der Waals surface area contributed by atoms with E-state index in [0.717, 1.165) is 10.5 Å². The Morgan fingerprint density at radius 1 is 1.26 bits per heavy atom. The maximum atomic E-state index is 11.7. The molecule has 2 aliphatic heterocycles. The fourth-order valence-electron chi connectivity index (χ4n) is 2.23. The van der Waals surface area contributed by atoms with Gasteiger partial charge < -0.3 is 15.4 Å². The van der Waals surface area contributed by atoms with Gasteiger partial charge in [-0.05, 0) is 24.0 Å². The van der Waals surface area contributed by atoms with E-state index in [2.05, 4.69) is 10.6 Å². The van der Waals surface area contributed by atoms with Gasteiger partial charge in [0.15, 0.2) is 0 Å². The van der Waals surface area contributed by atoms with E-state index >= 15 is 0 Å². The highest BCUT2D eigenvalue weighted by Crippen LogP contribution is 2.31. The van der Waals surface area contributed by atoms with Gasteiger partial charge in [0.2, 0.25) is 0 Å². The van der Waals surface area contributed by atoms with Gasteiger partial charge in [-0.1, -0.05) is 12.1 Å². The minimum Gasteiger partial charge on any atom is -0.456 e. The molecule has 5 nitrogen and oxygen atoms in total. The molecular weight excluding hydrogens is 264 g/mol. The predicted molar refractivity (Wildman–Crippen MR) is 70.6 cm³/mol. The fourth-order valence-corrected chi connectivity index (χ4v) is 2.64. The zero-order chi connectivity index (χ0) is 13.4. The summed E-state index contributed by atoms with van der Waals surface area (Å²) in [4.78, 5) is 24.5. The number of hydrogen-bond acceptors (Lipinski definition) is 4. The molecule has 0 bridgehead atoms. The summed E-state index contributed by atoms with van der Waals surface area (Å²) in [6.45, 7) is 0.140. The van der Waals surface area contributed by atoms with Crippen LogP contribution in [0.3, 0.4) is 0 Å². The number of amides is 2. The van der Waals surface area contributed by atoms with Crippen molar-refractivity contribution in [1.82, 2.24) is 10.6 Å². The van der Waals surface area contributed by atoms with Crippen LogP contribution in [-0.2, 0) is 9.53 Å². The van der Waals surface area contributed by atoms with Crippen LogP contribution in [0.5, 0.6) is 0 Å². The monoisotopic (exact) mass is 276 g/mol. The molecule has 0 radical (unpaired) electrons. The summed E-state index contributed by atoms with van der Waals surface area (Å²) < 4.78 is 4.97. The Morgan fingerprint density at radius 3 is 2.68 bits per heavy atom. The van der Waals surface area contributed by atoms with Gasteiger partial charge in [-0.3, -0.25) is 0 Å². The lowest BCUT2D eigenvalue weighted by Crippen LogP contribution is -2.44. The molecule has 0 saturated heterocycles. The van der Waals surface area contributed by atoms with Crippen molar-refractivity contribution in [3.05, 3.63) is 41.1 Å². The average Bonchev–Trinajstić information content (AvgIpc) is 2.79. The van der Waals surface area contributed by atoms with Crippen molar-refractivity contribution in [3.63, 3.8) is 0 Å². The second kappa shape index (κ2) is 4.62. The number of thioether (sulfide) groups is 1. The molecule has 2 amide bonds. The second-order valence-electron chi connectivity index (χ2n) is 4.27. The van der Waals surface area contributed by atoms with Crippen molar-refractivity contribution in [2.75, 3.05) is 12.9 Å². The van der Waals surface area contributed by atoms with E-state index in [0.29, 0.717) is 11.3 Å². The van der Waals surface area contributed by atoms with Gasteiger partial charge in [0, 0.05) is 4.90 Å². The third-order valence-electron chi connectivity index (χ3n) is 3.17. The molecule has 2 N–H and O–H groups in total. The second-order valence-corrected chi connectivity index (χ2v) is 5.15. The fraction of sp³-hybridized carbons (Fsp3) is 0.231. The molecule has 1 atom stereocenters. The summed E-state index contributed by atoms with van der Waals surface area (Å²) in [5.41, 5.74) is 1.93. The van der Waals surface area contributed by atoms with Crippen LogP contribution >= 0.6 is 11.8 Å². The third kappa shape index (κ3) is 2.08. The number of carbonyl (C=O) groups excluding carboxylic acids is 2. The highest BCUT2D eigenvalue weighted by atomic mass is 32.2. The average molecular weight is 276 g/mol. The van der Waals surface area contributed by atoms with Crippen molar-refractivity contribution in [2.45, 2.75) is 10.9 Å². The van der Waals surface area contributed by atoms with E-state index in [1.807, 2.05) is 30.5 Å². The molecular formula is C13H12N2O3S. The smallest absolute Gasteiger partial charge is 0.338 e. The van der Waals surface area contributed by atoms with E-state index in [1.165, 1.54) is 0 Å². The lowest BCUT2D eigenvalue weighted by Gasteiger charge is -2.24. The van der Waals surface area contributed by atoms with Crippen LogP contribution in [0, 0.1) is 0 Å². The summed E-state index contributed by atoms with van der Waals surface area (Å²) in [5.74, 6) is -0.374. The Labute approximate surface area is 114 Å². The molecule has 0 spiro atoms. The zero-order valence-corrected chi connectivity index (χ0v) is 11.0. The number of cyclic esters (lactones) is 1. The zero-order valence-electron chi connectivity index (χ0n) is 10.2. The SMILES string of the molecule is CSc1ccc([C@H]2NC(=O)NC3=C2C(=O)OC3)cc1. The molecule has 0 unspecified atom stereocenters. The normalized spacial score (nSPS) is 21.6. The van der Waals surface area contributed by atoms with Gasteiger partial charge in [-0.2, -0.15) is 0 Å². The summed E-state index contributed by atoms with van der Waals surface area (Å²) in [7, 11) is 0. The van der Waals surface area contributed by atoms with Crippen molar-refractivity contribution in [3.8, 4) is 0 Å². The Bertz CT molecular complexity index is 580. The standard InChI is InChI=1S/C13H12N2O3S/c1-19-8-4-2-7(3-5-8)11-10-9(6-18-12(10)16)14-13(17)15-11/h2-5,11H,6H2,1H3,(H2,14,15,17)/t11-/m1/s1. The summed E-state index contributed by atoms with van der Waals surface area (Å²) >= 11 is 1.64. The molecule has 0 aliphatic carbocycles. The van der Waals surface area contributed by atoms with Crippen molar-refractivity contribution in [2.24, 2.45) is 0 Å². The van der Waals surface area contributed by atoms with Crippen LogP contribution in [-0.4, -0.2) is 24.9 Å². The molecule has 2 aliphatic rings. The van der Waals surface area contributed by atoms with Crippen LogP contribution in [0.1, 0.15) is 11.6 Å². The molecule has 2 heterocycles. The highest BCUT2D eigenvalue weighted by molar-refractivity contribution is 7.98. The van der Waals surface area contributed by atoms with Gasteiger partial charge in [-0.15, -0.1) is 11.8 Å². The van der Waals surface area contributed by atoms with E-state index in [1.54, 1.807) is 11.8 Å². The van der Waals surface area contributed by atoms with Gasteiger partial charge >= 0.3 is 12.0 Å². The summed E-state index contributed by atoms with van der Waals surface area (Å²) in [6.07, 6.45) is 2.00. The lowest BCUT2D eigenvalue weighted by atomic mass is 9.96. The van der Waals surface area contributed by atoms with Crippen LogP contribution in [0.4, 0.5) is 4.79 Å². The first-order valence-electron chi connectivity index (χ1n) is 5.80. The van der Waals surface area contributed by atoms with Gasteiger partial charge in [-0.25, -0.2) is 9.59 Å². The molecule has 3 rings (SSSR count). The van der Waals surface area contributed by atoms with Crippen LogP contribution in [0.25, 0.3) is 0 Å².